The van der Waals surface area contributed by atoms with Gasteiger partial charge in [0.15, 0.2) is 0 Å². The highest BCUT2D eigenvalue weighted by Crippen LogP contribution is 2.30. The Morgan fingerprint density at radius 2 is 1.86 bits per heavy atom. The summed E-state index contributed by atoms with van der Waals surface area (Å²) < 4.78 is 27.1. The highest BCUT2D eigenvalue weighted by molar-refractivity contribution is 7.89. The molecule has 2 aliphatic rings. The monoisotopic (exact) mass is 323 g/mol. The molecular weight excluding hydrogens is 302 g/mol. The van der Waals surface area contributed by atoms with Gasteiger partial charge in [-0.25, -0.2) is 8.42 Å². The van der Waals surface area contributed by atoms with Gasteiger partial charge in [-0.05, 0) is 43.1 Å². The van der Waals surface area contributed by atoms with Crippen LogP contribution in [0.2, 0.25) is 0 Å². The van der Waals surface area contributed by atoms with E-state index in [1.54, 1.807) is 36.6 Å². The van der Waals surface area contributed by atoms with Crippen LogP contribution < -0.4 is 5.32 Å². The maximum Gasteiger partial charge on any atom is 0.253 e. The zero-order valence-electron chi connectivity index (χ0n) is 12.8. The number of nitrogens with one attached hydrogen (secondary N) is 1. The molecule has 1 amide bonds. The molecule has 0 spiro atoms. The third kappa shape index (κ3) is 2.64. The number of benzene rings is 1. The Kier molecular flexibility index (Phi) is 3.96. The number of nitrogens with zero attached hydrogens (tertiary/aromatic N) is 2. The normalized spacial score (nSPS) is 25.2. The van der Waals surface area contributed by atoms with Crippen molar-refractivity contribution in [2.75, 3.05) is 40.3 Å². The summed E-state index contributed by atoms with van der Waals surface area (Å²) in [5, 5.41) is 3.30. The highest BCUT2D eigenvalue weighted by Gasteiger charge is 2.41. The van der Waals surface area contributed by atoms with Crippen LogP contribution in [0.4, 0.5) is 0 Å². The molecule has 7 heteroatoms. The zero-order chi connectivity index (χ0) is 15.9. The Balaban J connectivity index is 1.87. The van der Waals surface area contributed by atoms with Gasteiger partial charge in [-0.1, -0.05) is 6.07 Å². The summed E-state index contributed by atoms with van der Waals surface area (Å²) in [5.74, 6) is 0.613. The summed E-state index contributed by atoms with van der Waals surface area (Å²) in [6, 6.07) is 6.31. The molecule has 0 radical (unpaired) electrons. The highest BCUT2D eigenvalue weighted by atomic mass is 32.2. The molecule has 2 fully saturated rings. The number of rotatable bonds is 3. The predicted octanol–water partition coefficient (Wildman–Crippen LogP) is 0.228. The van der Waals surface area contributed by atoms with Crippen molar-refractivity contribution in [1.82, 2.24) is 14.5 Å². The van der Waals surface area contributed by atoms with Crippen LogP contribution in [0.3, 0.4) is 0 Å². The third-order valence-electron chi connectivity index (χ3n) is 4.48. The van der Waals surface area contributed by atoms with Gasteiger partial charge in [0.25, 0.3) is 5.91 Å². The van der Waals surface area contributed by atoms with Gasteiger partial charge in [0.1, 0.15) is 0 Å². The van der Waals surface area contributed by atoms with E-state index in [1.165, 1.54) is 11.0 Å². The SMILES string of the molecule is CN(C)C(=O)c1cccc(S(=O)(=O)N2C[C@H]3CNC[C@H]3C2)c1. The quantitative estimate of drug-likeness (QED) is 0.864. The number of hydrogen-bond donors (Lipinski definition) is 1. The first-order valence-corrected chi connectivity index (χ1v) is 8.86. The molecule has 3 rings (SSSR count). The fraction of sp³-hybridized carbons (Fsp3) is 0.533. The van der Waals surface area contributed by atoms with Gasteiger partial charge in [-0.3, -0.25) is 4.79 Å². The maximum atomic E-state index is 12.8. The fourth-order valence-electron chi connectivity index (χ4n) is 3.21. The van der Waals surface area contributed by atoms with Gasteiger partial charge in [0.05, 0.1) is 4.90 Å². The lowest BCUT2D eigenvalue weighted by atomic mass is 10.0. The van der Waals surface area contributed by atoms with E-state index in [9.17, 15) is 13.2 Å². The molecule has 0 aliphatic carbocycles. The Morgan fingerprint density at radius 3 is 2.45 bits per heavy atom. The molecule has 2 saturated heterocycles. The minimum absolute atomic E-state index is 0.195. The molecule has 2 atom stereocenters. The van der Waals surface area contributed by atoms with Crippen LogP contribution in [0.15, 0.2) is 29.2 Å². The first kappa shape index (κ1) is 15.5. The average molecular weight is 323 g/mol. The second-order valence-electron chi connectivity index (χ2n) is 6.23. The summed E-state index contributed by atoms with van der Waals surface area (Å²) in [4.78, 5) is 13.7. The first-order chi connectivity index (χ1) is 10.4. The van der Waals surface area contributed by atoms with Gasteiger partial charge < -0.3 is 10.2 Å². The van der Waals surface area contributed by atoms with Crippen molar-refractivity contribution < 1.29 is 13.2 Å². The van der Waals surface area contributed by atoms with Crippen molar-refractivity contribution in [2.45, 2.75) is 4.90 Å². The van der Waals surface area contributed by atoms with Crippen molar-refractivity contribution in [3.63, 3.8) is 0 Å². The minimum atomic E-state index is -3.53. The Morgan fingerprint density at radius 1 is 1.23 bits per heavy atom. The van der Waals surface area contributed by atoms with Gasteiger partial charge in [0, 0.05) is 32.7 Å². The molecule has 1 N–H and O–H groups in total. The molecule has 2 aliphatic heterocycles. The van der Waals surface area contributed by atoms with E-state index < -0.39 is 10.0 Å². The smallest absolute Gasteiger partial charge is 0.253 e. The summed E-state index contributed by atoms with van der Waals surface area (Å²) in [6.07, 6.45) is 0. The molecular formula is C15H21N3O3S. The molecule has 22 heavy (non-hydrogen) atoms. The predicted molar refractivity (Wildman–Crippen MR) is 83.1 cm³/mol. The van der Waals surface area contributed by atoms with Crippen LogP contribution in [-0.2, 0) is 10.0 Å². The summed E-state index contributed by atoms with van der Waals surface area (Å²) in [7, 11) is -0.226. The molecule has 120 valence electrons. The van der Waals surface area contributed by atoms with Crippen LogP contribution in [0, 0.1) is 11.8 Å². The first-order valence-electron chi connectivity index (χ1n) is 7.42. The van der Waals surface area contributed by atoms with E-state index in [-0.39, 0.29) is 10.8 Å². The van der Waals surface area contributed by atoms with E-state index in [1.807, 2.05) is 0 Å². The standard InChI is InChI=1S/C15H21N3O3S/c1-17(2)15(19)11-4-3-5-14(6-11)22(20,21)18-9-12-7-16-8-13(12)10-18/h3-6,12-13,16H,7-10H2,1-2H3/t12-,13+. The largest absolute Gasteiger partial charge is 0.345 e. The van der Waals surface area contributed by atoms with Gasteiger partial charge in [0.2, 0.25) is 10.0 Å². The van der Waals surface area contributed by atoms with Gasteiger partial charge in [-0.2, -0.15) is 4.31 Å². The van der Waals surface area contributed by atoms with Crippen LogP contribution in [0.5, 0.6) is 0 Å². The van der Waals surface area contributed by atoms with Crippen molar-refractivity contribution in [3.8, 4) is 0 Å². The molecule has 6 nitrogen and oxygen atoms in total. The van der Waals surface area contributed by atoms with Crippen molar-refractivity contribution in [3.05, 3.63) is 29.8 Å². The maximum absolute atomic E-state index is 12.8. The molecule has 0 unspecified atom stereocenters. The van der Waals surface area contributed by atoms with Crippen molar-refractivity contribution >= 4 is 15.9 Å². The Labute approximate surface area is 131 Å². The Bertz CT molecular complexity index is 675. The number of carbonyl (C=O) groups excluding carboxylic acids is 1. The summed E-state index contributed by atoms with van der Waals surface area (Å²) >= 11 is 0. The third-order valence-corrected chi connectivity index (χ3v) is 6.31. The molecule has 1 aromatic rings. The van der Waals surface area contributed by atoms with Crippen molar-refractivity contribution in [2.24, 2.45) is 11.8 Å². The fourth-order valence-corrected chi connectivity index (χ4v) is 4.81. The van der Waals surface area contributed by atoms with E-state index in [2.05, 4.69) is 5.32 Å². The molecule has 0 aromatic heterocycles. The molecule has 1 aromatic carbocycles. The average Bonchev–Trinajstić information content (AvgIpc) is 3.08. The van der Waals surface area contributed by atoms with Crippen molar-refractivity contribution in [1.29, 1.82) is 0 Å². The Hall–Kier alpha value is -1.44. The van der Waals surface area contributed by atoms with Crippen LogP contribution in [-0.4, -0.2) is 63.8 Å². The lowest BCUT2D eigenvalue weighted by Crippen LogP contribution is -2.32. The van der Waals surface area contributed by atoms with E-state index in [0.717, 1.165) is 13.1 Å². The van der Waals surface area contributed by atoms with E-state index >= 15 is 0 Å². The lowest BCUT2D eigenvalue weighted by Gasteiger charge is -2.18. The number of sulfonamides is 1. The van der Waals surface area contributed by atoms with Crippen LogP contribution in [0.1, 0.15) is 10.4 Å². The second kappa shape index (κ2) is 5.64. The second-order valence-corrected chi connectivity index (χ2v) is 8.17. The van der Waals surface area contributed by atoms with Crippen LogP contribution in [0.25, 0.3) is 0 Å². The van der Waals surface area contributed by atoms with Gasteiger partial charge >= 0.3 is 0 Å². The lowest BCUT2D eigenvalue weighted by molar-refractivity contribution is 0.0827. The summed E-state index contributed by atoms with van der Waals surface area (Å²) in [5.41, 5.74) is 0.395. The zero-order valence-corrected chi connectivity index (χ0v) is 13.6. The van der Waals surface area contributed by atoms with Gasteiger partial charge in [-0.15, -0.1) is 0 Å². The minimum Gasteiger partial charge on any atom is -0.345 e. The number of carbonyl (C=O) groups is 1. The molecule has 2 heterocycles. The number of hydrogen-bond acceptors (Lipinski definition) is 4. The number of fused-ring (bicyclic) bond motifs is 1. The molecule has 0 bridgehead atoms. The van der Waals surface area contributed by atoms with E-state index in [4.69, 9.17) is 0 Å². The van der Waals surface area contributed by atoms with Crippen LogP contribution >= 0.6 is 0 Å². The summed E-state index contributed by atoms with van der Waals surface area (Å²) in [6.45, 7) is 2.89. The molecule has 0 saturated carbocycles. The topological polar surface area (TPSA) is 69.7 Å². The number of amides is 1. The van der Waals surface area contributed by atoms with E-state index in [0.29, 0.717) is 30.5 Å².